The molecule has 1 fully saturated rings. The average molecular weight is 213 g/mol. The van der Waals surface area contributed by atoms with Crippen LogP contribution in [0.4, 0.5) is 0 Å². The van der Waals surface area contributed by atoms with Gasteiger partial charge in [-0.3, -0.25) is 4.79 Å². The normalized spacial score (nSPS) is 23.5. The number of hydrogen-bond donors (Lipinski definition) is 1. The Kier molecular flexibility index (Phi) is 4.58. The van der Waals surface area contributed by atoms with Gasteiger partial charge in [0.05, 0.1) is 12.1 Å². The number of hydrogen-bond acceptors (Lipinski definition) is 2. The third kappa shape index (κ3) is 3.49. The van der Waals surface area contributed by atoms with E-state index < -0.39 is 0 Å². The van der Waals surface area contributed by atoms with Gasteiger partial charge in [0, 0.05) is 12.5 Å². The lowest BCUT2D eigenvalue weighted by molar-refractivity contribution is -0.126. The van der Waals surface area contributed by atoms with Crippen molar-refractivity contribution in [1.82, 2.24) is 5.32 Å². The second-order valence-corrected chi connectivity index (χ2v) is 4.98. The fourth-order valence-corrected chi connectivity index (χ4v) is 1.91. The molecule has 1 rings (SSSR count). The van der Waals surface area contributed by atoms with Gasteiger partial charge in [-0.15, -0.1) is 0 Å². The first-order valence-electron chi connectivity index (χ1n) is 5.94. The van der Waals surface area contributed by atoms with Gasteiger partial charge in [-0.2, -0.15) is 0 Å². The van der Waals surface area contributed by atoms with Crippen molar-refractivity contribution in [2.75, 3.05) is 6.61 Å². The summed E-state index contributed by atoms with van der Waals surface area (Å²) >= 11 is 0. The number of amides is 1. The first-order chi connectivity index (χ1) is 7.02. The number of rotatable bonds is 4. The fraction of sp³-hybridized carbons (Fsp3) is 0.917. The molecule has 0 spiro atoms. The molecule has 0 radical (unpaired) electrons. The van der Waals surface area contributed by atoms with E-state index >= 15 is 0 Å². The van der Waals surface area contributed by atoms with Crippen LogP contribution in [0.3, 0.4) is 0 Å². The van der Waals surface area contributed by atoms with E-state index in [0.29, 0.717) is 5.92 Å². The highest BCUT2D eigenvalue weighted by molar-refractivity contribution is 5.78. The van der Waals surface area contributed by atoms with Gasteiger partial charge in [0.15, 0.2) is 0 Å². The maximum atomic E-state index is 11.6. The molecule has 88 valence electrons. The van der Waals surface area contributed by atoms with Crippen LogP contribution >= 0.6 is 0 Å². The summed E-state index contributed by atoms with van der Waals surface area (Å²) in [6.45, 7) is 8.94. The number of ether oxygens (including phenoxy) is 1. The second-order valence-electron chi connectivity index (χ2n) is 4.98. The zero-order valence-corrected chi connectivity index (χ0v) is 10.2. The molecule has 3 heteroatoms. The summed E-state index contributed by atoms with van der Waals surface area (Å²) in [5, 5.41) is 3.09. The molecule has 1 aliphatic heterocycles. The zero-order valence-electron chi connectivity index (χ0n) is 10.2. The third-order valence-corrected chi connectivity index (χ3v) is 2.92. The number of carbonyl (C=O) groups excluding carboxylic acids is 1. The lowest BCUT2D eigenvalue weighted by atomic mass is 9.96. The van der Waals surface area contributed by atoms with Crippen molar-refractivity contribution in [3.8, 4) is 0 Å². The van der Waals surface area contributed by atoms with Crippen molar-refractivity contribution in [2.45, 2.75) is 52.7 Å². The average Bonchev–Trinajstić information content (AvgIpc) is 2.65. The van der Waals surface area contributed by atoms with E-state index in [9.17, 15) is 4.79 Å². The molecule has 0 saturated carbocycles. The van der Waals surface area contributed by atoms with E-state index in [1.54, 1.807) is 0 Å². The summed E-state index contributed by atoms with van der Waals surface area (Å²) in [5.41, 5.74) is 0. The molecular weight excluding hydrogens is 190 g/mol. The standard InChI is InChI=1S/C12H23NO2/c1-8(2)11(10-6-5-7-15-10)13-12(14)9(3)4/h8-11H,5-7H2,1-4H3,(H,13,14)/t10-,11-/m1/s1. The summed E-state index contributed by atoms with van der Waals surface area (Å²) < 4.78 is 5.64. The predicted octanol–water partition coefficient (Wildman–Crippen LogP) is 1.96. The molecule has 0 aromatic heterocycles. The Labute approximate surface area is 92.6 Å². The molecule has 1 saturated heterocycles. The van der Waals surface area contributed by atoms with E-state index in [-0.39, 0.29) is 24.0 Å². The van der Waals surface area contributed by atoms with E-state index in [2.05, 4.69) is 19.2 Å². The molecule has 0 aromatic carbocycles. The zero-order chi connectivity index (χ0) is 11.4. The molecule has 0 bridgehead atoms. The summed E-state index contributed by atoms with van der Waals surface area (Å²) in [6.07, 6.45) is 2.40. The Morgan fingerprint density at radius 3 is 2.40 bits per heavy atom. The van der Waals surface area contributed by atoms with Crippen molar-refractivity contribution in [3.05, 3.63) is 0 Å². The van der Waals surface area contributed by atoms with E-state index in [4.69, 9.17) is 4.74 Å². The summed E-state index contributed by atoms with van der Waals surface area (Å²) in [7, 11) is 0. The van der Waals surface area contributed by atoms with E-state index in [0.717, 1.165) is 19.4 Å². The molecule has 0 aliphatic carbocycles. The van der Waals surface area contributed by atoms with Crippen LogP contribution in [0, 0.1) is 11.8 Å². The quantitative estimate of drug-likeness (QED) is 0.775. The van der Waals surface area contributed by atoms with Gasteiger partial charge >= 0.3 is 0 Å². The van der Waals surface area contributed by atoms with Gasteiger partial charge in [-0.1, -0.05) is 27.7 Å². The largest absolute Gasteiger partial charge is 0.376 e. The minimum absolute atomic E-state index is 0.0488. The molecule has 1 aliphatic rings. The second kappa shape index (κ2) is 5.50. The fourth-order valence-electron chi connectivity index (χ4n) is 1.91. The number of carbonyl (C=O) groups is 1. The van der Waals surface area contributed by atoms with Crippen LogP contribution in [-0.4, -0.2) is 24.7 Å². The molecule has 0 aromatic rings. The molecule has 1 N–H and O–H groups in total. The van der Waals surface area contributed by atoms with Gasteiger partial charge < -0.3 is 10.1 Å². The van der Waals surface area contributed by atoms with Gasteiger partial charge in [0.1, 0.15) is 0 Å². The van der Waals surface area contributed by atoms with Gasteiger partial charge in [-0.25, -0.2) is 0 Å². The Bertz CT molecular complexity index is 208. The van der Waals surface area contributed by atoms with E-state index in [1.807, 2.05) is 13.8 Å². The van der Waals surface area contributed by atoms with Crippen molar-refractivity contribution in [2.24, 2.45) is 11.8 Å². The summed E-state index contributed by atoms with van der Waals surface area (Å²) in [6, 6.07) is 0.169. The van der Waals surface area contributed by atoms with Crippen molar-refractivity contribution >= 4 is 5.91 Å². The Hall–Kier alpha value is -0.570. The van der Waals surface area contributed by atoms with Gasteiger partial charge in [0.2, 0.25) is 5.91 Å². The van der Waals surface area contributed by atoms with Gasteiger partial charge in [-0.05, 0) is 18.8 Å². The van der Waals surface area contributed by atoms with Crippen LogP contribution < -0.4 is 5.32 Å². The number of nitrogens with one attached hydrogen (secondary N) is 1. The van der Waals surface area contributed by atoms with Crippen molar-refractivity contribution in [1.29, 1.82) is 0 Å². The highest BCUT2D eigenvalue weighted by Crippen LogP contribution is 2.20. The lowest BCUT2D eigenvalue weighted by Gasteiger charge is -2.28. The van der Waals surface area contributed by atoms with E-state index in [1.165, 1.54) is 0 Å². The molecule has 2 atom stereocenters. The van der Waals surface area contributed by atoms with Crippen LogP contribution in [0.15, 0.2) is 0 Å². The lowest BCUT2D eigenvalue weighted by Crippen LogP contribution is -2.47. The van der Waals surface area contributed by atoms with Crippen molar-refractivity contribution in [3.63, 3.8) is 0 Å². The first kappa shape index (κ1) is 12.5. The third-order valence-electron chi connectivity index (χ3n) is 2.92. The maximum absolute atomic E-state index is 11.6. The van der Waals surface area contributed by atoms with Crippen LogP contribution in [0.2, 0.25) is 0 Å². The van der Waals surface area contributed by atoms with Crippen molar-refractivity contribution < 1.29 is 9.53 Å². The molecule has 1 heterocycles. The predicted molar refractivity (Wildman–Crippen MR) is 60.6 cm³/mol. The highest BCUT2D eigenvalue weighted by Gasteiger charge is 2.29. The van der Waals surface area contributed by atoms with Crippen LogP contribution in [0.25, 0.3) is 0 Å². The molecular formula is C12H23NO2. The molecule has 0 unspecified atom stereocenters. The minimum atomic E-state index is 0.0488. The first-order valence-corrected chi connectivity index (χ1v) is 5.94. The van der Waals surface area contributed by atoms with Gasteiger partial charge in [0.25, 0.3) is 0 Å². The SMILES string of the molecule is CC(C)C(=O)N[C@H](C(C)C)[C@H]1CCCO1. The summed E-state index contributed by atoms with van der Waals surface area (Å²) in [4.78, 5) is 11.6. The topological polar surface area (TPSA) is 38.3 Å². The van der Waals surface area contributed by atoms with Crippen LogP contribution in [0.5, 0.6) is 0 Å². The Balaban J connectivity index is 2.54. The molecule has 15 heavy (non-hydrogen) atoms. The smallest absolute Gasteiger partial charge is 0.222 e. The van der Waals surface area contributed by atoms with Crippen LogP contribution in [-0.2, 0) is 9.53 Å². The molecule has 1 amide bonds. The molecule has 3 nitrogen and oxygen atoms in total. The van der Waals surface area contributed by atoms with Crippen LogP contribution in [0.1, 0.15) is 40.5 Å². The minimum Gasteiger partial charge on any atom is -0.376 e. The summed E-state index contributed by atoms with van der Waals surface area (Å²) in [5.74, 6) is 0.604. The Morgan fingerprint density at radius 2 is 2.00 bits per heavy atom. The Morgan fingerprint density at radius 1 is 1.33 bits per heavy atom. The highest BCUT2D eigenvalue weighted by atomic mass is 16.5. The monoisotopic (exact) mass is 213 g/mol. The maximum Gasteiger partial charge on any atom is 0.222 e.